The molecule has 0 amide bonds. The minimum Gasteiger partial charge on any atom is -0.312 e. The molecule has 0 aromatic rings. The third-order valence-corrected chi connectivity index (χ3v) is 4.07. The molecule has 2 saturated heterocycles. The van der Waals surface area contributed by atoms with Gasteiger partial charge < -0.3 is 10.6 Å². The van der Waals surface area contributed by atoms with Crippen molar-refractivity contribution in [1.29, 1.82) is 0 Å². The van der Waals surface area contributed by atoms with Crippen LogP contribution in [0.25, 0.3) is 0 Å². The number of hydrogen-bond donors (Lipinski definition) is 1. The summed E-state index contributed by atoms with van der Waals surface area (Å²) in [5.41, 5.74) is 6.39. The Morgan fingerprint density at radius 3 is 1.94 bits per heavy atom. The summed E-state index contributed by atoms with van der Waals surface area (Å²) >= 11 is 0. The number of likely N-dealkylation sites (tertiary alicyclic amines) is 2. The van der Waals surface area contributed by atoms with Crippen molar-refractivity contribution in [1.82, 2.24) is 9.80 Å². The lowest BCUT2D eigenvalue weighted by molar-refractivity contribution is 0.0429. The van der Waals surface area contributed by atoms with E-state index >= 15 is 0 Å². The molecule has 0 bridgehead atoms. The molecule has 2 N–H and O–H groups in total. The zero-order valence-electron chi connectivity index (χ0n) is 10.7. The Morgan fingerprint density at radius 2 is 1.38 bits per heavy atom. The molecule has 94 valence electrons. The van der Waals surface area contributed by atoms with Crippen LogP contribution in [-0.2, 0) is 0 Å². The van der Waals surface area contributed by atoms with Gasteiger partial charge in [0.25, 0.3) is 0 Å². The fourth-order valence-electron chi connectivity index (χ4n) is 3.07. The first-order valence-corrected chi connectivity index (χ1v) is 6.95. The van der Waals surface area contributed by atoms with E-state index in [9.17, 15) is 0 Å². The standard InChI is InChI=1S/C13H27N3/c1-13(14,16-10-6-3-7-11-16)12-15-8-4-2-5-9-15/h2-12,14H2,1H3. The zero-order valence-corrected chi connectivity index (χ0v) is 10.7. The molecule has 2 heterocycles. The molecule has 2 aliphatic rings. The van der Waals surface area contributed by atoms with E-state index in [-0.39, 0.29) is 5.66 Å². The minimum atomic E-state index is -0.113. The van der Waals surface area contributed by atoms with Crippen molar-refractivity contribution in [3.8, 4) is 0 Å². The summed E-state index contributed by atoms with van der Waals surface area (Å²) in [4.78, 5) is 5.04. The van der Waals surface area contributed by atoms with Crippen LogP contribution in [-0.4, -0.2) is 48.2 Å². The lowest BCUT2D eigenvalue weighted by atomic mass is 10.0. The third kappa shape index (κ3) is 3.19. The molecule has 2 fully saturated rings. The maximum Gasteiger partial charge on any atom is 0.0788 e. The maximum atomic E-state index is 6.51. The first-order valence-electron chi connectivity index (χ1n) is 6.95. The highest BCUT2D eigenvalue weighted by Crippen LogP contribution is 2.19. The van der Waals surface area contributed by atoms with Crippen molar-refractivity contribution >= 4 is 0 Å². The summed E-state index contributed by atoms with van der Waals surface area (Å²) in [5, 5.41) is 0. The molecule has 0 radical (unpaired) electrons. The number of piperidine rings is 2. The minimum absolute atomic E-state index is 0.113. The largest absolute Gasteiger partial charge is 0.312 e. The first kappa shape index (κ1) is 12.3. The molecule has 1 atom stereocenters. The summed E-state index contributed by atoms with van der Waals surface area (Å²) in [6.45, 7) is 8.16. The summed E-state index contributed by atoms with van der Waals surface area (Å²) in [7, 11) is 0. The summed E-state index contributed by atoms with van der Waals surface area (Å²) in [6.07, 6.45) is 8.16. The molecule has 0 aromatic heterocycles. The molecular formula is C13H27N3. The molecule has 0 spiro atoms. The van der Waals surface area contributed by atoms with E-state index in [1.54, 1.807) is 0 Å². The second-order valence-corrected chi connectivity index (χ2v) is 5.74. The van der Waals surface area contributed by atoms with Crippen molar-refractivity contribution in [2.75, 3.05) is 32.7 Å². The molecular weight excluding hydrogens is 198 g/mol. The van der Waals surface area contributed by atoms with E-state index in [0.29, 0.717) is 0 Å². The van der Waals surface area contributed by atoms with E-state index in [1.807, 2.05) is 0 Å². The second-order valence-electron chi connectivity index (χ2n) is 5.74. The first-order chi connectivity index (χ1) is 7.68. The van der Waals surface area contributed by atoms with Gasteiger partial charge in [0.1, 0.15) is 0 Å². The van der Waals surface area contributed by atoms with Crippen LogP contribution in [0.3, 0.4) is 0 Å². The molecule has 0 aliphatic carbocycles. The van der Waals surface area contributed by atoms with Crippen LogP contribution in [0.5, 0.6) is 0 Å². The van der Waals surface area contributed by atoms with Gasteiger partial charge in [-0.3, -0.25) is 4.90 Å². The highest BCUT2D eigenvalue weighted by atomic mass is 15.3. The monoisotopic (exact) mass is 225 g/mol. The average Bonchev–Trinajstić information content (AvgIpc) is 2.31. The van der Waals surface area contributed by atoms with Crippen LogP contribution in [0.4, 0.5) is 0 Å². The fourth-order valence-corrected chi connectivity index (χ4v) is 3.07. The van der Waals surface area contributed by atoms with Gasteiger partial charge in [-0.05, 0) is 58.8 Å². The van der Waals surface area contributed by atoms with Crippen molar-refractivity contribution in [3.63, 3.8) is 0 Å². The van der Waals surface area contributed by atoms with Crippen LogP contribution in [0.15, 0.2) is 0 Å². The van der Waals surface area contributed by atoms with Gasteiger partial charge in [-0.15, -0.1) is 0 Å². The Bertz CT molecular complexity index is 203. The Hall–Kier alpha value is -0.120. The SMILES string of the molecule is CC(N)(CN1CCCCC1)N1CCCCC1. The summed E-state index contributed by atoms with van der Waals surface area (Å²) < 4.78 is 0. The zero-order chi connectivity index (χ0) is 11.4. The Kier molecular flexibility index (Phi) is 4.22. The van der Waals surface area contributed by atoms with Crippen molar-refractivity contribution in [3.05, 3.63) is 0 Å². The summed E-state index contributed by atoms with van der Waals surface area (Å²) in [5.74, 6) is 0. The fraction of sp³-hybridized carbons (Fsp3) is 1.00. The third-order valence-electron chi connectivity index (χ3n) is 4.07. The number of nitrogens with two attached hydrogens (primary N) is 1. The van der Waals surface area contributed by atoms with E-state index in [2.05, 4.69) is 16.7 Å². The lowest BCUT2D eigenvalue weighted by Gasteiger charge is -2.44. The molecule has 2 aliphatic heterocycles. The lowest BCUT2D eigenvalue weighted by Crippen LogP contribution is -2.61. The number of nitrogens with zero attached hydrogens (tertiary/aromatic N) is 2. The summed E-state index contributed by atoms with van der Waals surface area (Å²) in [6, 6.07) is 0. The van der Waals surface area contributed by atoms with Crippen LogP contribution in [0, 0.1) is 0 Å². The number of rotatable bonds is 3. The highest BCUT2D eigenvalue weighted by Gasteiger charge is 2.30. The molecule has 1 unspecified atom stereocenters. The molecule has 0 saturated carbocycles. The van der Waals surface area contributed by atoms with Crippen LogP contribution in [0.2, 0.25) is 0 Å². The second kappa shape index (κ2) is 5.48. The van der Waals surface area contributed by atoms with Crippen molar-refractivity contribution < 1.29 is 0 Å². The Morgan fingerprint density at radius 1 is 0.875 bits per heavy atom. The van der Waals surface area contributed by atoms with Gasteiger partial charge in [-0.1, -0.05) is 12.8 Å². The van der Waals surface area contributed by atoms with E-state index in [4.69, 9.17) is 5.73 Å². The van der Waals surface area contributed by atoms with E-state index in [0.717, 1.165) is 6.54 Å². The van der Waals surface area contributed by atoms with Gasteiger partial charge in [0.15, 0.2) is 0 Å². The van der Waals surface area contributed by atoms with Crippen LogP contribution < -0.4 is 5.73 Å². The van der Waals surface area contributed by atoms with Crippen molar-refractivity contribution in [2.45, 2.75) is 51.1 Å². The van der Waals surface area contributed by atoms with Crippen LogP contribution in [0.1, 0.15) is 45.4 Å². The van der Waals surface area contributed by atoms with Gasteiger partial charge in [0.05, 0.1) is 5.66 Å². The molecule has 3 heteroatoms. The van der Waals surface area contributed by atoms with Crippen molar-refractivity contribution in [2.24, 2.45) is 5.73 Å². The van der Waals surface area contributed by atoms with Gasteiger partial charge in [0, 0.05) is 6.54 Å². The molecule has 0 aromatic carbocycles. The molecule has 3 nitrogen and oxygen atoms in total. The Labute approximate surface area is 100.0 Å². The van der Waals surface area contributed by atoms with Gasteiger partial charge in [0.2, 0.25) is 0 Å². The predicted octanol–water partition coefficient (Wildman–Crippen LogP) is 1.63. The molecule has 16 heavy (non-hydrogen) atoms. The smallest absolute Gasteiger partial charge is 0.0788 e. The van der Waals surface area contributed by atoms with Gasteiger partial charge in [-0.25, -0.2) is 0 Å². The topological polar surface area (TPSA) is 32.5 Å². The van der Waals surface area contributed by atoms with Gasteiger partial charge in [-0.2, -0.15) is 0 Å². The normalized spacial score (nSPS) is 28.9. The highest BCUT2D eigenvalue weighted by molar-refractivity contribution is 4.86. The number of hydrogen-bond acceptors (Lipinski definition) is 3. The Balaban J connectivity index is 1.84. The molecule has 2 rings (SSSR count). The maximum absolute atomic E-state index is 6.51. The quantitative estimate of drug-likeness (QED) is 0.792. The van der Waals surface area contributed by atoms with E-state index < -0.39 is 0 Å². The predicted molar refractivity (Wildman–Crippen MR) is 68.3 cm³/mol. The van der Waals surface area contributed by atoms with E-state index in [1.165, 1.54) is 64.7 Å². The van der Waals surface area contributed by atoms with Gasteiger partial charge >= 0.3 is 0 Å². The average molecular weight is 225 g/mol. The van der Waals surface area contributed by atoms with Crippen LogP contribution >= 0.6 is 0 Å².